The number of halogens is 1. The lowest BCUT2D eigenvalue weighted by atomic mass is 9.91. The van der Waals surface area contributed by atoms with Crippen LogP contribution in [0.25, 0.3) is 0 Å². The van der Waals surface area contributed by atoms with Gasteiger partial charge in [0.15, 0.2) is 8.32 Å². The van der Waals surface area contributed by atoms with Crippen molar-refractivity contribution in [3.63, 3.8) is 0 Å². The summed E-state index contributed by atoms with van der Waals surface area (Å²) in [5.41, 5.74) is 0.551. The van der Waals surface area contributed by atoms with Crippen LogP contribution in [-0.2, 0) is 18.8 Å². The Balaban J connectivity index is 2.92. The van der Waals surface area contributed by atoms with Gasteiger partial charge in [-0.25, -0.2) is 4.79 Å². The summed E-state index contributed by atoms with van der Waals surface area (Å²) in [7, 11) is -1.98. The number of β-lactam (4-membered cyclic amide) rings is 1. The molecule has 0 bridgehead atoms. The Morgan fingerprint density at radius 2 is 1.95 bits per heavy atom. The molecule has 1 fully saturated rings. The quantitative estimate of drug-likeness (QED) is 0.337. The number of hydrogen-bond donors (Lipinski definition) is 1. The van der Waals surface area contributed by atoms with E-state index in [1.54, 1.807) is 6.92 Å². The van der Waals surface area contributed by atoms with Gasteiger partial charge < -0.3 is 14.5 Å². The number of amides is 1. The van der Waals surface area contributed by atoms with Crippen molar-refractivity contribution in [1.82, 2.24) is 5.32 Å². The third kappa shape index (κ3) is 4.00. The Bertz CT molecular complexity index is 496. The predicted octanol–water partition coefficient (Wildman–Crippen LogP) is 3.31. The predicted molar refractivity (Wildman–Crippen MR) is 92.0 cm³/mol. The second-order valence-corrected chi connectivity index (χ2v) is 12.5. The zero-order valence-electron chi connectivity index (χ0n) is 14.4. The standard InChI is InChI=1S/C15H26BrNO4Si/c1-8-20-14(19)11(16)12-10(13(18)17-12)9(2)21-22(6,7)15(3,4)5/h9-10H,8H2,1-7H3,(H,17,18)/b12-11-/t9-,10+/m1/s1. The van der Waals surface area contributed by atoms with Gasteiger partial charge in [-0.15, -0.1) is 0 Å². The molecule has 0 aliphatic carbocycles. The molecule has 5 nitrogen and oxygen atoms in total. The number of esters is 1. The smallest absolute Gasteiger partial charge is 0.347 e. The largest absolute Gasteiger partial charge is 0.462 e. The number of carbonyl (C=O) groups is 2. The Morgan fingerprint density at radius 3 is 2.36 bits per heavy atom. The van der Waals surface area contributed by atoms with Crippen molar-refractivity contribution in [3.8, 4) is 0 Å². The molecular weight excluding hydrogens is 366 g/mol. The fraction of sp³-hybridized carbons (Fsp3) is 0.733. The van der Waals surface area contributed by atoms with Crippen molar-refractivity contribution in [2.45, 2.75) is 58.9 Å². The van der Waals surface area contributed by atoms with E-state index in [2.05, 4.69) is 55.1 Å². The third-order valence-corrected chi connectivity index (χ3v) is 9.62. The number of hydrogen-bond acceptors (Lipinski definition) is 4. The van der Waals surface area contributed by atoms with E-state index in [-0.39, 0.29) is 28.1 Å². The Kier molecular flexibility index (Phi) is 6.03. The van der Waals surface area contributed by atoms with Gasteiger partial charge in [-0.05, 0) is 47.9 Å². The van der Waals surface area contributed by atoms with Gasteiger partial charge in [0.05, 0.1) is 18.4 Å². The van der Waals surface area contributed by atoms with Crippen LogP contribution >= 0.6 is 15.9 Å². The van der Waals surface area contributed by atoms with Gasteiger partial charge in [-0.2, -0.15) is 0 Å². The van der Waals surface area contributed by atoms with E-state index in [0.29, 0.717) is 5.70 Å². The first-order valence-electron chi connectivity index (χ1n) is 7.47. The number of carbonyl (C=O) groups excluding carboxylic acids is 2. The molecule has 2 atom stereocenters. The molecule has 0 radical (unpaired) electrons. The summed E-state index contributed by atoms with van der Waals surface area (Å²) in [5.74, 6) is -1.04. The second-order valence-electron chi connectivity index (χ2n) is 7.00. The lowest BCUT2D eigenvalue weighted by Crippen LogP contribution is -2.55. The van der Waals surface area contributed by atoms with Crippen molar-refractivity contribution in [1.29, 1.82) is 0 Å². The van der Waals surface area contributed by atoms with Crippen LogP contribution in [0.15, 0.2) is 10.2 Å². The first-order valence-corrected chi connectivity index (χ1v) is 11.2. The van der Waals surface area contributed by atoms with Gasteiger partial charge in [0.2, 0.25) is 5.91 Å². The molecule has 1 heterocycles. The highest BCUT2D eigenvalue weighted by Crippen LogP contribution is 2.40. The van der Waals surface area contributed by atoms with Crippen molar-refractivity contribution >= 4 is 36.1 Å². The van der Waals surface area contributed by atoms with Crippen LogP contribution in [0.5, 0.6) is 0 Å². The minimum Gasteiger partial charge on any atom is -0.462 e. The molecule has 126 valence electrons. The SMILES string of the molecule is CCOC(=O)/C(Br)=C1/NC(=O)[C@H]1[C@@H](C)O[Si](C)(C)C(C)(C)C. The third-order valence-electron chi connectivity index (χ3n) is 4.30. The molecule has 1 saturated heterocycles. The topological polar surface area (TPSA) is 64.6 Å². The summed E-state index contributed by atoms with van der Waals surface area (Å²) in [6.07, 6.45) is -0.286. The monoisotopic (exact) mass is 391 g/mol. The fourth-order valence-corrected chi connectivity index (χ4v) is 3.87. The maximum absolute atomic E-state index is 11.9. The minimum atomic E-state index is -1.98. The maximum atomic E-state index is 11.9. The normalized spacial score (nSPS) is 22.5. The summed E-state index contributed by atoms with van der Waals surface area (Å²) in [4.78, 5) is 23.7. The van der Waals surface area contributed by atoms with Gasteiger partial charge in [0.25, 0.3) is 0 Å². The Labute approximate surface area is 142 Å². The first-order chi connectivity index (χ1) is 9.92. The van der Waals surface area contributed by atoms with Gasteiger partial charge in [-0.3, -0.25) is 4.79 Å². The molecule has 0 unspecified atom stereocenters. The van der Waals surface area contributed by atoms with Crippen LogP contribution in [0.1, 0.15) is 34.6 Å². The number of ether oxygens (including phenoxy) is 1. The molecule has 7 heteroatoms. The first kappa shape index (κ1) is 19.4. The van der Waals surface area contributed by atoms with E-state index in [1.165, 1.54) is 0 Å². The number of rotatable bonds is 5. The number of nitrogens with one attached hydrogen (secondary N) is 1. The van der Waals surface area contributed by atoms with E-state index in [4.69, 9.17) is 9.16 Å². The van der Waals surface area contributed by atoms with Crippen LogP contribution in [0.3, 0.4) is 0 Å². The van der Waals surface area contributed by atoms with Crippen LogP contribution < -0.4 is 5.32 Å². The van der Waals surface area contributed by atoms with Crippen LogP contribution in [0.2, 0.25) is 18.1 Å². The molecule has 1 aliphatic heterocycles. The van der Waals surface area contributed by atoms with Crippen LogP contribution in [0, 0.1) is 5.92 Å². The van der Waals surface area contributed by atoms with Crippen LogP contribution in [0.4, 0.5) is 0 Å². The summed E-state index contributed by atoms with van der Waals surface area (Å²) in [6, 6.07) is 0. The molecule has 1 amide bonds. The fourth-order valence-electron chi connectivity index (χ4n) is 1.99. The van der Waals surface area contributed by atoms with E-state index in [1.807, 2.05) is 6.92 Å². The van der Waals surface area contributed by atoms with Gasteiger partial charge in [-0.1, -0.05) is 20.8 Å². The average molecular weight is 392 g/mol. The molecule has 0 aromatic carbocycles. The molecule has 0 saturated carbocycles. The highest BCUT2D eigenvalue weighted by molar-refractivity contribution is 9.12. The Hall–Kier alpha value is -0.663. The molecule has 0 aromatic rings. The van der Waals surface area contributed by atoms with Crippen molar-refractivity contribution in [3.05, 3.63) is 10.2 Å². The van der Waals surface area contributed by atoms with Crippen molar-refractivity contribution in [2.24, 2.45) is 5.92 Å². The summed E-state index contributed by atoms with van der Waals surface area (Å²) >= 11 is 3.22. The highest BCUT2D eigenvalue weighted by atomic mass is 79.9. The van der Waals surface area contributed by atoms with Gasteiger partial charge in [0, 0.05) is 0 Å². The molecule has 1 aliphatic rings. The van der Waals surface area contributed by atoms with Gasteiger partial charge in [0.1, 0.15) is 10.4 Å². The molecule has 1 rings (SSSR count). The highest BCUT2D eigenvalue weighted by Gasteiger charge is 2.46. The minimum absolute atomic E-state index is 0.0593. The van der Waals surface area contributed by atoms with Crippen molar-refractivity contribution < 1.29 is 18.8 Å². The summed E-state index contributed by atoms with van der Waals surface area (Å²) < 4.78 is 11.5. The van der Waals surface area contributed by atoms with E-state index < -0.39 is 20.2 Å². The maximum Gasteiger partial charge on any atom is 0.347 e. The molecule has 0 spiro atoms. The second kappa shape index (κ2) is 6.84. The summed E-state index contributed by atoms with van der Waals surface area (Å²) in [6.45, 7) is 14.6. The van der Waals surface area contributed by atoms with Gasteiger partial charge >= 0.3 is 5.97 Å². The summed E-state index contributed by atoms with van der Waals surface area (Å²) in [5, 5.41) is 2.73. The molecule has 1 N–H and O–H groups in total. The molecule has 0 aromatic heterocycles. The van der Waals surface area contributed by atoms with Crippen LogP contribution in [-0.4, -0.2) is 32.9 Å². The lowest BCUT2D eigenvalue weighted by Gasteiger charge is -2.43. The zero-order valence-corrected chi connectivity index (χ0v) is 17.0. The zero-order chi connectivity index (χ0) is 17.3. The van der Waals surface area contributed by atoms with E-state index in [0.717, 1.165) is 0 Å². The molecule has 22 heavy (non-hydrogen) atoms. The lowest BCUT2D eigenvalue weighted by molar-refractivity contribution is -0.138. The van der Waals surface area contributed by atoms with E-state index in [9.17, 15) is 9.59 Å². The van der Waals surface area contributed by atoms with E-state index >= 15 is 0 Å². The molecular formula is C15H26BrNO4Si. The average Bonchev–Trinajstić information content (AvgIpc) is 2.32. The Morgan fingerprint density at radius 1 is 1.41 bits per heavy atom. The van der Waals surface area contributed by atoms with Crippen molar-refractivity contribution in [2.75, 3.05) is 6.61 Å².